The van der Waals surface area contributed by atoms with Crippen LogP contribution in [0.15, 0.2) is 65.5 Å². The van der Waals surface area contributed by atoms with Crippen LogP contribution in [0.2, 0.25) is 5.02 Å². The van der Waals surface area contributed by atoms with Gasteiger partial charge in [0.25, 0.3) is 5.56 Å². The number of anilines is 2. The number of ether oxygens (including phenoxy) is 2. The van der Waals surface area contributed by atoms with Crippen LogP contribution in [0, 0.1) is 5.82 Å². The van der Waals surface area contributed by atoms with Crippen LogP contribution in [0.5, 0.6) is 11.5 Å². The van der Waals surface area contributed by atoms with Gasteiger partial charge in [-0.1, -0.05) is 11.6 Å². The molecule has 12 nitrogen and oxygen atoms in total. The molecule has 262 valence electrons. The van der Waals surface area contributed by atoms with E-state index >= 15 is 0 Å². The molecule has 2 N–H and O–H groups in total. The molecule has 6 rings (SSSR count). The number of benzene rings is 3. The maximum atomic E-state index is 14.3. The van der Waals surface area contributed by atoms with E-state index in [9.17, 15) is 18.8 Å². The maximum Gasteiger partial charge on any atom is 0.327 e. The summed E-state index contributed by atoms with van der Waals surface area (Å²) in [6, 6.07) is 14.1. The lowest BCUT2D eigenvalue weighted by atomic mass is 10.1. The number of hydrogen-bond acceptors (Lipinski definition) is 8. The number of aromatic nitrogens is 2. The van der Waals surface area contributed by atoms with Gasteiger partial charge in [-0.15, -0.1) is 0 Å². The van der Waals surface area contributed by atoms with Crippen molar-refractivity contribution in [1.29, 1.82) is 0 Å². The Bertz CT molecular complexity index is 1900. The van der Waals surface area contributed by atoms with Gasteiger partial charge in [0.2, 0.25) is 5.91 Å². The summed E-state index contributed by atoms with van der Waals surface area (Å²) < 4.78 is 26.3. The number of carbonyl (C=O) groups excluding carboxylic acids is 2. The first-order chi connectivity index (χ1) is 23.7. The predicted octanol–water partition coefficient (Wildman–Crippen LogP) is 5.42. The second-order valence-corrected chi connectivity index (χ2v) is 12.5. The van der Waals surface area contributed by atoms with Gasteiger partial charge in [0.1, 0.15) is 17.3 Å². The summed E-state index contributed by atoms with van der Waals surface area (Å²) in [7, 11) is 3.01. The molecule has 2 aliphatic rings. The van der Waals surface area contributed by atoms with Crippen molar-refractivity contribution in [2.24, 2.45) is 0 Å². The van der Waals surface area contributed by atoms with Gasteiger partial charge in [-0.05, 0) is 80.9 Å². The van der Waals surface area contributed by atoms with E-state index in [1.807, 2.05) is 9.91 Å². The Balaban J connectivity index is 0.00000292. The fourth-order valence-electron chi connectivity index (χ4n) is 6.44. The van der Waals surface area contributed by atoms with E-state index in [0.29, 0.717) is 71.4 Å². The number of methoxy groups -OCH3 is 2. The quantitative estimate of drug-likeness (QED) is 0.238. The third-order valence-electron chi connectivity index (χ3n) is 9.03. The van der Waals surface area contributed by atoms with Crippen molar-refractivity contribution in [2.75, 3.05) is 62.2 Å². The molecule has 2 aliphatic heterocycles. The van der Waals surface area contributed by atoms with E-state index in [-0.39, 0.29) is 26.2 Å². The number of carbonyl (C=O) groups is 2. The lowest BCUT2D eigenvalue weighted by molar-refractivity contribution is -0.132. The topological polar surface area (TPSA) is 121 Å². The van der Waals surface area contributed by atoms with Crippen LogP contribution in [-0.2, 0) is 4.79 Å². The molecule has 3 amide bonds. The third-order valence-corrected chi connectivity index (χ3v) is 9.27. The molecule has 2 fully saturated rings. The molecule has 49 heavy (non-hydrogen) atoms. The summed E-state index contributed by atoms with van der Waals surface area (Å²) in [6.07, 6.45) is 2.49. The smallest absolute Gasteiger partial charge is 0.327 e. The number of fused-ring (bicyclic) bond motifs is 1. The number of piperazine rings is 1. The summed E-state index contributed by atoms with van der Waals surface area (Å²) in [5.41, 5.74) is 0.794. The number of nitrogens with zero attached hydrogens (tertiary/aromatic N) is 5. The van der Waals surface area contributed by atoms with Crippen LogP contribution in [0.1, 0.15) is 40.9 Å². The van der Waals surface area contributed by atoms with Crippen molar-refractivity contribution >= 4 is 45.8 Å². The van der Waals surface area contributed by atoms with E-state index in [2.05, 4.69) is 10.6 Å². The van der Waals surface area contributed by atoms with Crippen molar-refractivity contribution in [3.8, 4) is 11.5 Å². The minimum absolute atomic E-state index is 0. The van der Waals surface area contributed by atoms with Gasteiger partial charge in [-0.2, -0.15) is 0 Å². The van der Waals surface area contributed by atoms with Crippen LogP contribution in [-0.4, -0.2) is 79.5 Å². The summed E-state index contributed by atoms with van der Waals surface area (Å²) in [4.78, 5) is 49.9. The van der Waals surface area contributed by atoms with Crippen molar-refractivity contribution in [2.45, 2.75) is 38.3 Å². The van der Waals surface area contributed by atoms with Crippen molar-refractivity contribution < 1.29 is 26.3 Å². The maximum absolute atomic E-state index is 14.3. The van der Waals surface area contributed by atoms with Crippen LogP contribution in [0.3, 0.4) is 0 Å². The Kier molecular flexibility index (Phi) is 10.2. The first kappa shape index (κ1) is 34.0. The highest BCUT2D eigenvalue weighted by Crippen LogP contribution is 2.37. The van der Waals surface area contributed by atoms with E-state index in [1.54, 1.807) is 43.3 Å². The molecule has 0 aliphatic carbocycles. The van der Waals surface area contributed by atoms with E-state index in [1.165, 1.54) is 48.1 Å². The first-order valence-corrected chi connectivity index (χ1v) is 16.6. The monoisotopic (exact) mass is 695 g/mol. The normalized spacial score (nSPS) is 16.8. The second kappa shape index (κ2) is 14.7. The van der Waals surface area contributed by atoms with Crippen molar-refractivity contribution in [1.82, 2.24) is 19.9 Å². The molecule has 14 heteroatoms. The van der Waals surface area contributed by atoms with Gasteiger partial charge in [0.05, 0.1) is 49.9 Å². The first-order valence-electron chi connectivity index (χ1n) is 16.2. The fourth-order valence-corrected chi connectivity index (χ4v) is 6.61. The third kappa shape index (κ3) is 7.27. The molecule has 3 aromatic carbocycles. The summed E-state index contributed by atoms with van der Waals surface area (Å²) in [5, 5.41) is 8.79. The molecule has 2 atom stereocenters. The number of nitrogens with one attached hydrogen (secondary N) is 2. The molecular weight excluding hydrogens is 653 g/mol. The van der Waals surface area contributed by atoms with E-state index < -0.39 is 17.9 Å². The summed E-state index contributed by atoms with van der Waals surface area (Å²) >= 11 is 6.32. The highest BCUT2D eigenvalue weighted by molar-refractivity contribution is 6.31. The number of urea groups is 1. The Morgan fingerprint density at radius 1 is 1.08 bits per heavy atom. The standard InChI is InChI=1S/C35H39ClFN7O5.2H2/c1-22(43(30-13-11-27(48-2)21-31(30)49-3)35(47)39-25-9-7-24(37)8-10-25)33-40-29-12-6-23(36)19-28(29)34(46)44(33)42-17-15-41(16-18-42)32(45)20-26-5-4-14-38-26;;/h6-13,19,21-22,26,38H,4-5,14-18,20H2,1-3H3,(H,39,47);2*1H/t22?,26-;;/m0../s1. The molecule has 3 heterocycles. The molecule has 0 spiro atoms. The second-order valence-electron chi connectivity index (χ2n) is 12.1. The fraction of sp³-hybridized carbons (Fsp3) is 0.371. The average molecular weight is 696 g/mol. The van der Waals surface area contributed by atoms with Crippen LogP contribution in [0.4, 0.5) is 20.6 Å². The minimum Gasteiger partial charge on any atom is -0.497 e. The van der Waals surface area contributed by atoms with Gasteiger partial charge in [0, 0.05) is 45.2 Å². The van der Waals surface area contributed by atoms with Gasteiger partial charge in [-0.3, -0.25) is 14.5 Å². The van der Waals surface area contributed by atoms with Crippen molar-refractivity contribution in [3.05, 3.63) is 87.7 Å². The lowest BCUT2D eigenvalue weighted by Gasteiger charge is -2.39. The molecule has 0 radical (unpaired) electrons. The molecule has 1 aromatic heterocycles. The number of halogens is 2. The largest absolute Gasteiger partial charge is 0.497 e. The highest BCUT2D eigenvalue weighted by atomic mass is 35.5. The predicted molar refractivity (Wildman–Crippen MR) is 191 cm³/mol. The Hall–Kier alpha value is -4.88. The van der Waals surface area contributed by atoms with Gasteiger partial charge < -0.3 is 30.0 Å². The average Bonchev–Trinajstić information content (AvgIpc) is 3.62. The van der Waals surface area contributed by atoms with Crippen LogP contribution in [0.25, 0.3) is 10.9 Å². The minimum atomic E-state index is -0.858. The number of hydrogen-bond donors (Lipinski definition) is 2. The van der Waals surface area contributed by atoms with Crippen molar-refractivity contribution in [3.63, 3.8) is 0 Å². The Morgan fingerprint density at radius 2 is 1.84 bits per heavy atom. The van der Waals surface area contributed by atoms with Gasteiger partial charge in [0.15, 0.2) is 5.82 Å². The lowest BCUT2D eigenvalue weighted by Crippen LogP contribution is -2.57. The molecule has 2 saturated heterocycles. The molecule has 0 bridgehead atoms. The Labute approximate surface area is 291 Å². The molecule has 1 unspecified atom stereocenters. The zero-order chi connectivity index (χ0) is 34.7. The van der Waals surface area contributed by atoms with Crippen LogP contribution >= 0.6 is 11.6 Å². The van der Waals surface area contributed by atoms with Crippen LogP contribution < -0.4 is 35.6 Å². The Morgan fingerprint density at radius 3 is 2.51 bits per heavy atom. The van der Waals surface area contributed by atoms with Gasteiger partial charge in [-0.25, -0.2) is 18.8 Å². The summed E-state index contributed by atoms with van der Waals surface area (Å²) in [5.74, 6) is 0.772. The number of rotatable bonds is 9. The highest BCUT2D eigenvalue weighted by Gasteiger charge is 2.33. The van der Waals surface area contributed by atoms with E-state index in [4.69, 9.17) is 26.1 Å². The molecule has 0 saturated carbocycles. The molecular formula is C35H43ClFN7O5. The zero-order valence-electron chi connectivity index (χ0n) is 27.6. The zero-order valence-corrected chi connectivity index (χ0v) is 28.4. The van der Waals surface area contributed by atoms with E-state index in [0.717, 1.165) is 19.4 Å². The SMILES string of the molecule is COc1ccc(N(C(=O)Nc2ccc(F)cc2)C(C)c2nc3ccc(Cl)cc3c(=O)n2N2CCN(C(=O)C[C@@H]3CCCN3)CC2)c(OC)c1.[HH].[HH]. The number of amides is 3. The summed E-state index contributed by atoms with van der Waals surface area (Å²) in [6.45, 7) is 4.26. The van der Waals surface area contributed by atoms with Gasteiger partial charge >= 0.3 is 6.03 Å². The molecule has 4 aromatic rings.